The van der Waals surface area contributed by atoms with Crippen LogP contribution in [0.1, 0.15) is 24.0 Å². The predicted molar refractivity (Wildman–Crippen MR) is 99.7 cm³/mol. The van der Waals surface area contributed by atoms with Crippen molar-refractivity contribution < 1.29 is 9.18 Å². The quantitative estimate of drug-likeness (QED) is 0.662. The molecule has 0 aliphatic carbocycles. The van der Waals surface area contributed by atoms with Crippen molar-refractivity contribution in [2.75, 3.05) is 18.0 Å². The van der Waals surface area contributed by atoms with E-state index in [4.69, 9.17) is 0 Å². The maximum atomic E-state index is 14.4. The molecule has 0 radical (unpaired) electrons. The first-order valence-corrected chi connectivity index (χ1v) is 8.66. The van der Waals surface area contributed by atoms with Crippen LogP contribution < -0.4 is 10.2 Å². The SMILES string of the molecule is N#C/C(=C/c1ccc(N2CCCC2)c(F)c1)C(=O)NCc1ccccc1. The van der Waals surface area contributed by atoms with Crippen LogP contribution in [-0.2, 0) is 11.3 Å². The van der Waals surface area contributed by atoms with Crippen LogP contribution in [0, 0.1) is 17.1 Å². The zero-order valence-electron chi connectivity index (χ0n) is 14.4. The Balaban J connectivity index is 1.70. The molecule has 1 amide bonds. The van der Waals surface area contributed by atoms with E-state index in [1.165, 1.54) is 12.1 Å². The molecule has 0 saturated carbocycles. The summed E-state index contributed by atoms with van der Waals surface area (Å²) in [5.41, 5.74) is 1.97. The van der Waals surface area contributed by atoms with E-state index in [9.17, 15) is 14.4 Å². The molecule has 0 spiro atoms. The molecule has 5 heteroatoms. The van der Waals surface area contributed by atoms with E-state index in [0.717, 1.165) is 31.5 Å². The first-order chi connectivity index (χ1) is 12.7. The van der Waals surface area contributed by atoms with Gasteiger partial charge in [0.25, 0.3) is 5.91 Å². The number of nitrogens with one attached hydrogen (secondary N) is 1. The Morgan fingerprint density at radius 1 is 1.19 bits per heavy atom. The number of benzene rings is 2. The maximum absolute atomic E-state index is 14.4. The molecule has 26 heavy (non-hydrogen) atoms. The van der Waals surface area contributed by atoms with E-state index in [0.29, 0.717) is 17.8 Å². The second-order valence-corrected chi connectivity index (χ2v) is 6.24. The second-order valence-electron chi connectivity index (χ2n) is 6.24. The van der Waals surface area contributed by atoms with Gasteiger partial charge >= 0.3 is 0 Å². The zero-order valence-corrected chi connectivity index (χ0v) is 14.4. The molecule has 132 valence electrons. The molecule has 2 aromatic rings. The number of halogens is 1. The summed E-state index contributed by atoms with van der Waals surface area (Å²) >= 11 is 0. The monoisotopic (exact) mass is 349 g/mol. The summed E-state index contributed by atoms with van der Waals surface area (Å²) in [5, 5.41) is 12.0. The summed E-state index contributed by atoms with van der Waals surface area (Å²) in [5.74, 6) is -0.803. The van der Waals surface area contributed by atoms with Crippen molar-refractivity contribution in [3.63, 3.8) is 0 Å². The third-order valence-corrected chi connectivity index (χ3v) is 4.39. The normalized spacial score (nSPS) is 14.2. The van der Waals surface area contributed by atoms with Gasteiger partial charge in [-0.05, 0) is 42.2 Å². The van der Waals surface area contributed by atoms with Gasteiger partial charge in [0.2, 0.25) is 0 Å². The van der Waals surface area contributed by atoms with Crippen LogP contribution >= 0.6 is 0 Å². The van der Waals surface area contributed by atoms with Gasteiger partial charge in [-0.25, -0.2) is 4.39 Å². The van der Waals surface area contributed by atoms with Crippen LogP contribution in [0.15, 0.2) is 54.1 Å². The van der Waals surface area contributed by atoms with Crippen LogP contribution in [0.25, 0.3) is 6.08 Å². The number of carbonyl (C=O) groups excluding carboxylic acids is 1. The highest BCUT2D eigenvalue weighted by Gasteiger charge is 2.16. The fourth-order valence-corrected chi connectivity index (χ4v) is 3.02. The highest BCUT2D eigenvalue weighted by Crippen LogP contribution is 2.25. The second kappa shape index (κ2) is 8.30. The molecule has 1 aliphatic heterocycles. The number of carbonyl (C=O) groups is 1. The van der Waals surface area contributed by atoms with Gasteiger partial charge in [-0.1, -0.05) is 36.4 Å². The number of anilines is 1. The van der Waals surface area contributed by atoms with Crippen molar-refractivity contribution in [1.29, 1.82) is 5.26 Å². The minimum Gasteiger partial charge on any atom is -0.369 e. The van der Waals surface area contributed by atoms with Crippen LogP contribution in [0.5, 0.6) is 0 Å². The first kappa shape index (κ1) is 17.7. The molecule has 1 saturated heterocycles. The summed E-state index contributed by atoms with van der Waals surface area (Å²) in [4.78, 5) is 14.2. The van der Waals surface area contributed by atoms with Crippen LogP contribution in [0.4, 0.5) is 10.1 Å². The van der Waals surface area contributed by atoms with E-state index in [1.807, 2.05) is 41.3 Å². The van der Waals surface area contributed by atoms with Crippen molar-refractivity contribution in [3.05, 3.63) is 71.0 Å². The van der Waals surface area contributed by atoms with Gasteiger partial charge in [-0.15, -0.1) is 0 Å². The minimum absolute atomic E-state index is 0.0470. The number of nitriles is 1. The molecule has 3 rings (SSSR count). The Hall–Kier alpha value is -3.13. The summed E-state index contributed by atoms with van der Waals surface area (Å²) in [6.07, 6.45) is 3.56. The van der Waals surface area contributed by atoms with E-state index in [1.54, 1.807) is 12.1 Å². The number of amides is 1. The summed E-state index contributed by atoms with van der Waals surface area (Å²) in [6.45, 7) is 2.05. The van der Waals surface area contributed by atoms with Crippen molar-refractivity contribution >= 4 is 17.7 Å². The number of rotatable bonds is 5. The van der Waals surface area contributed by atoms with Gasteiger partial charge in [-0.2, -0.15) is 5.26 Å². The molecule has 1 fully saturated rings. The van der Waals surface area contributed by atoms with Gasteiger partial charge < -0.3 is 10.2 Å². The van der Waals surface area contributed by atoms with Gasteiger partial charge in [0.15, 0.2) is 0 Å². The molecule has 0 aromatic heterocycles. The van der Waals surface area contributed by atoms with Crippen molar-refractivity contribution in [2.45, 2.75) is 19.4 Å². The molecule has 0 unspecified atom stereocenters. The Labute approximate surface area is 152 Å². The third-order valence-electron chi connectivity index (χ3n) is 4.39. The number of hydrogen-bond acceptors (Lipinski definition) is 3. The molecule has 0 bridgehead atoms. The van der Waals surface area contributed by atoms with E-state index < -0.39 is 5.91 Å². The molecule has 4 nitrogen and oxygen atoms in total. The predicted octanol–water partition coefficient (Wildman–Crippen LogP) is 3.65. The molecule has 1 aliphatic rings. The average Bonchev–Trinajstić information content (AvgIpc) is 3.19. The van der Waals surface area contributed by atoms with Gasteiger partial charge in [0.1, 0.15) is 17.5 Å². The maximum Gasteiger partial charge on any atom is 0.262 e. The Morgan fingerprint density at radius 2 is 1.92 bits per heavy atom. The molecule has 0 atom stereocenters. The van der Waals surface area contributed by atoms with Crippen LogP contribution in [0.3, 0.4) is 0 Å². The molecular formula is C21H20FN3O. The highest BCUT2D eigenvalue weighted by molar-refractivity contribution is 6.01. The Kier molecular flexibility index (Phi) is 5.65. The largest absolute Gasteiger partial charge is 0.369 e. The smallest absolute Gasteiger partial charge is 0.262 e. The molecule has 2 aromatic carbocycles. The standard InChI is InChI=1S/C21H20FN3O/c22-19-13-17(8-9-20(19)25-10-4-5-11-25)12-18(14-23)21(26)24-15-16-6-2-1-3-7-16/h1-3,6-9,12-13H,4-5,10-11,15H2,(H,24,26)/b18-12-. The van der Waals surface area contributed by atoms with Crippen molar-refractivity contribution in [2.24, 2.45) is 0 Å². The Bertz CT molecular complexity index is 849. The topological polar surface area (TPSA) is 56.1 Å². The lowest BCUT2D eigenvalue weighted by atomic mass is 10.1. The molecular weight excluding hydrogens is 329 g/mol. The summed E-state index contributed by atoms with van der Waals surface area (Å²) < 4.78 is 14.4. The Morgan fingerprint density at radius 3 is 2.58 bits per heavy atom. The van der Waals surface area contributed by atoms with Crippen LogP contribution in [0.2, 0.25) is 0 Å². The van der Waals surface area contributed by atoms with Crippen molar-refractivity contribution in [3.8, 4) is 6.07 Å². The van der Waals surface area contributed by atoms with E-state index >= 15 is 0 Å². The minimum atomic E-state index is -0.472. The van der Waals surface area contributed by atoms with E-state index in [-0.39, 0.29) is 11.4 Å². The lowest BCUT2D eigenvalue weighted by Gasteiger charge is -2.18. The fourth-order valence-electron chi connectivity index (χ4n) is 3.02. The van der Waals surface area contributed by atoms with Gasteiger partial charge in [-0.3, -0.25) is 4.79 Å². The summed E-state index contributed by atoms with van der Waals surface area (Å²) in [6, 6.07) is 16.2. The first-order valence-electron chi connectivity index (χ1n) is 8.66. The summed E-state index contributed by atoms with van der Waals surface area (Å²) in [7, 11) is 0. The molecule has 1 N–H and O–H groups in total. The van der Waals surface area contributed by atoms with Gasteiger partial charge in [0, 0.05) is 19.6 Å². The number of hydrogen-bond donors (Lipinski definition) is 1. The average molecular weight is 349 g/mol. The highest BCUT2D eigenvalue weighted by atomic mass is 19.1. The van der Waals surface area contributed by atoms with E-state index in [2.05, 4.69) is 5.32 Å². The lowest BCUT2D eigenvalue weighted by Crippen LogP contribution is -2.23. The lowest BCUT2D eigenvalue weighted by molar-refractivity contribution is -0.117. The van der Waals surface area contributed by atoms with Crippen LogP contribution in [-0.4, -0.2) is 19.0 Å². The fraction of sp³-hybridized carbons (Fsp3) is 0.238. The third kappa shape index (κ3) is 4.28. The van der Waals surface area contributed by atoms with Gasteiger partial charge in [0.05, 0.1) is 5.69 Å². The van der Waals surface area contributed by atoms with Crippen molar-refractivity contribution in [1.82, 2.24) is 5.32 Å². The molecule has 1 heterocycles. The zero-order chi connectivity index (χ0) is 18.4. The number of nitrogens with zero attached hydrogens (tertiary/aromatic N) is 2.